The first-order valence-corrected chi connectivity index (χ1v) is 8.89. The Balaban J connectivity index is 0.00000264. The summed E-state index contributed by atoms with van der Waals surface area (Å²) in [6.07, 6.45) is 4.92. The largest absolute Gasteiger partial charge is 0.497 e. The first kappa shape index (κ1) is 20.0. The van der Waals surface area contributed by atoms with Crippen molar-refractivity contribution in [2.24, 2.45) is 5.73 Å². The van der Waals surface area contributed by atoms with Crippen molar-refractivity contribution in [1.82, 2.24) is 4.72 Å². The molecular weight excluding hydrogens is 340 g/mol. The van der Waals surface area contributed by atoms with Crippen LogP contribution in [0.2, 0.25) is 0 Å². The Hall–Kier alpha value is -1.02. The van der Waals surface area contributed by atoms with Gasteiger partial charge in [0.1, 0.15) is 16.4 Å². The van der Waals surface area contributed by atoms with E-state index in [1.165, 1.54) is 20.3 Å². The van der Waals surface area contributed by atoms with Crippen molar-refractivity contribution in [2.45, 2.75) is 42.5 Å². The minimum atomic E-state index is -3.71. The van der Waals surface area contributed by atoms with Crippen LogP contribution in [-0.4, -0.2) is 34.7 Å². The summed E-state index contributed by atoms with van der Waals surface area (Å²) >= 11 is 0. The third-order valence-electron chi connectivity index (χ3n) is 4.12. The molecule has 132 valence electrons. The zero-order valence-electron chi connectivity index (χ0n) is 13.5. The van der Waals surface area contributed by atoms with E-state index in [1.54, 1.807) is 12.1 Å². The Morgan fingerprint density at radius 2 is 1.83 bits per heavy atom. The van der Waals surface area contributed by atoms with Gasteiger partial charge in [-0.05, 0) is 25.0 Å². The Labute approximate surface area is 144 Å². The van der Waals surface area contributed by atoms with Crippen LogP contribution >= 0.6 is 12.4 Å². The van der Waals surface area contributed by atoms with E-state index in [4.69, 9.17) is 15.2 Å². The van der Waals surface area contributed by atoms with Crippen LogP contribution in [0.25, 0.3) is 0 Å². The van der Waals surface area contributed by atoms with E-state index >= 15 is 0 Å². The zero-order chi connectivity index (χ0) is 16.2. The molecule has 0 heterocycles. The molecule has 1 aromatic rings. The van der Waals surface area contributed by atoms with Gasteiger partial charge < -0.3 is 15.2 Å². The molecule has 23 heavy (non-hydrogen) atoms. The predicted molar refractivity (Wildman–Crippen MR) is 92.0 cm³/mol. The van der Waals surface area contributed by atoms with Crippen molar-refractivity contribution in [2.75, 3.05) is 20.8 Å². The third-order valence-corrected chi connectivity index (χ3v) is 5.55. The summed E-state index contributed by atoms with van der Waals surface area (Å²) in [5.41, 5.74) is 5.83. The molecule has 0 spiro atoms. The highest BCUT2D eigenvalue weighted by Gasteiger charge is 2.30. The molecule has 0 bridgehead atoms. The van der Waals surface area contributed by atoms with Crippen LogP contribution in [0, 0.1) is 0 Å². The summed E-state index contributed by atoms with van der Waals surface area (Å²) in [4.78, 5) is 0.0637. The number of halogens is 1. The van der Waals surface area contributed by atoms with E-state index < -0.39 is 15.6 Å². The number of ether oxygens (including phenoxy) is 2. The van der Waals surface area contributed by atoms with Crippen molar-refractivity contribution >= 4 is 22.4 Å². The van der Waals surface area contributed by atoms with E-state index in [0.29, 0.717) is 5.75 Å². The molecular formula is C15H25ClN2O4S. The average Bonchev–Trinajstić information content (AvgIpc) is 2.53. The van der Waals surface area contributed by atoms with Crippen molar-refractivity contribution in [3.05, 3.63) is 18.2 Å². The zero-order valence-corrected chi connectivity index (χ0v) is 15.1. The van der Waals surface area contributed by atoms with Gasteiger partial charge >= 0.3 is 0 Å². The molecule has 1 aromatic carbocycles. The Morgan fingerprint density at radius 1 is 1.17 bits per heavy atom. The monoisotopic (exact) mass is 364 g/mol. The molecule has 3 N–H and O–H groups in total. The number of benzene rings is 1. The van der Waals surface area contributed by atoms with Crippen molar-refractivity contribution in [1.29, 1.82) is 0 Å². The van der Waals surface area contributed by atoms with Gasteiger partial charge in [-0.25, -0.2) is 13.1 Å². The van der Waals surface area contributed by atoms with Crippen molar-refractivity contribution in [3.8, 4) is 11.5 Å². The maximum atomic E-state index is 12.6. The van der Waals surface area contributed by atoms with E-state index in [0.717, 1.165) is 32.1 Å². The maximum Gasteiger partial charge on any atom is 0.244 e. The quantitative estimate of drug-likeness (QED) is 0.806. The lowest BCUT2D eigenvalue weighted by Crippen LogP contribution is -2.51. The number of hydrogen-bond acceptors (Lipinski definition) is 5. The van der Waals surface area contributed by atoms with Gasteiger partial charge in [-0.3, -0.25) is 0 Å². The fourth-order valence-corrected chi connectivity index (χ4v) is 4.06. The minimum absolute atomic E-state index is 0. The molecule has 1 fully saturated rings. The van der Waals surface area contributed by atoms with Crippen molar-refractivity contribution in [3.63, 3.8) is 0 Å². The molecule has 1 saturated carbocycles. The normalized spacial score (nSPS) is 17.2. The smallest absolute Gasteiger partial charge is 0.244 e. The van der Waals surface area contributed by atoms with Gasteiger partial charge in [0.2, 0.25) is 10.0 Å². The molecule has 0 amide bonds. The molecule has 0 radical (unpaired) electrons. The molecule has 0 aromatic heterocycles. The van der Waals surface area contributed by atoms with Crippen LogP contribution in [0.4, 0.5) is 0 Å². The second kappa shape index (κ2) is 8.19. The standard InChI is InChI=1S/C15H24N2O4S.ClH/c1-20-12-6-7-13(21-2)14(10-12)22(18,19)17-11-15(16)8-4-3-5-9-15;/h6-7,10,17H,3-5,8-9,11,16H2,1-2H3;1H. The van der Waals surface area contributed by atoms with Crippen molar-refractivity contribution < 1.29 is 17.9 Å². The average molecular weight is 365 g/mol. The molecule has 0 unspecified atom stereocenters. The van der Waals surface area contributed by atoms with Gasteiger partial charge in [-0.1, -0.05) is 19.3 Å². The lowest BCUT2D eigenvalue weighted by molar-refractivity contribution is 0.296. The van der Waals surface area contributed by atoms with Crippen LogP contribution < -0.4 is 19.9 Å². The highest BCUT2D eigenvalue weighted by atomic mass is 35.5. The van der Waals surface area contributed by atoms with Gasteiger partial charge in [-0.15, -0.1) is 12.4 Å². The summed E-state index contributed by atoms with van der Waals surface area (Å²) in [5.74, 6) is 0.740. The summed E-state index contributed by atoms with van der Waals surface area (Å²) in [6, 6.07) is 4.68. The van der Waals surface area contributed by atoms with Crippen LogP contribution in [0.3, 0.4) is 0 Å². The second-order valence-corrected chi connectivity index (χ2v) is 7.50. The molecule has 0 atom stereocenters. The van der Waals surface area contributed by atoms with E-state index in [9.17, 15) is 8.42 Å². The number of nitrogens with one attached hydrogen (secondary N) is 1. The highest BCUT2D eigenvalue weighted by Crippen LogP contribution is 2.29. The van der Waals surface area contributed by atoms with Crippen LogP contribution in [0.5, 0.6) is 11.5 Å². The van der Waals surface area contributed by atoms with Gasteiger partial charge in [0.15, 0.2) is 0 Å². The number of sulfonamides is 1. The van der Waals surface area contributed by atoms with Gasteiger partial charge in [-0.2, -0.15) is 0 Å². The first-order valence-electron chi connectivity index (χ1n) is 7.41. The molecule has 0 saturated heterocycles. The van der Waals surface area contributed by atoms with E-state index in [1.807, 2.05) is 0 Å². The summed E-state index contributed by atoms with van der Waals surface area (Å²) < 4.78 is 38.0. The SMILES string of the molecule is COc1ccc(OC)c(S(=O)(=O)NCC2(N)CCCCC2)c1.Cl. The Kier molecular flexibility index (Phi) is 7.13. The topological polar surface area (TPSA) is 90.6 Å². The minimum Gasteiger partial charge on any atom is -0.497 e. The Morgan fingerprint density at radius 3 is 2.39 bits per heavy atom. The van der Waals surface area contributed by atoms with Crippen LogP contribution in [0.1, 0.15) is 32.1 Å². The first-order chi connectivity index (χ1) is 10.4. The second-order valence-electron chi connectivity index (χ2n) is 5.76. The number of rotatable bonds is 6. The van der Waals surface area contributed by atoms with E-state index in [2.05, 4.69) is 4.72 Å². The third kappa shape index (κ3) is 4.97. The molecule has 2 rings (SSSR count). The number of hydrogen-bond donors (Lipinski definition) is 2. The molecule has 0 aliphatic heterocycles. The van der Waals surface area contributed by atoms with Gasteiger partial charge in [0.25, 0.3) is 0 Å². The van der Waals surface area contributed by atoms with Crippen LogP contribution in [0.15, 0.2) is 23.1 Å². The summed E-state index contributed by atoms with van der Waals surface area (Å²) in [7, 11) is -0.783. The lowest BCUT2D eigenvalue weighted by atomic mass is 9.83. The van der Waals surface area contributed by atoms with Crippen LogP contribution in [-0.2, 0) is 10.0 Å². The summed E-state index contributed by atoms with van der Waals surface area (Å²) in [5, 5.41) is 0. The molecule has 8 heteroatoms. The summed E-state index contributed by atoms with van der Waals surface area (Å²) in [6.45, 7) is 0.232. The molecule has 6 nitrogen and oxygen atoms in total. The van der Waals surface area contributed by atoms with Gasteiger partial charge in [0.05, 0.1) is 14.2 Å². The van der Waals surface area contributed by atoms with E-state index in [-0.39, 0.29) is 29.6 Å². The Bertz CT molecular complexity index is 616. The highest BCUT2D eigenvalue weighted by molar-refractivity contribution is 7.89. The van der Waals surface area contributed by atoms with Gasteiger partial charge in [0, 0.05) is 18.2 Å². The number of methoxy groups -OCH3 is 2. The number of nitrogens with two attached hydrogens (primary N) is 1. The molecule has 1 aliphatic carbocycles. The fourth-order valence-electron chi connectivity index (χ4n) is 2.74. The predicted octanol–water partition coefficient (Wildman–Crippen LogP) is 2.07. The molecule has 1 aliphatic rings. The maximum absolute atomic E-state index is 12.6. The lowest BCUT2D eigenvalue weighted by Gasteiger charge is -2.33. The fraction of sp³-hybridized carbons (Fsp3) is 0.600.